The molecule has 33 heavy (non-hydrogen) atoms. The van der Waals surface area contributed by atoms with Crippen LogP contribution in [-0.2, 0) is 11.2 Å². The Morgan fingerprint density at radius 3 is 2.24 bits per heavy atom. The summed E-state index contributed by atoms with van der Waals surface area (Å²) in [5, 5.41) is 49.4. The summed E-state index contributed by atoms with van der Waals surface area (Å²) in [6, 6.07) is 9.20. The summed E-state index contributed by atoms with van der Waals surface area (Å²) < 4.78 is 21.6. The number of aromatic hydroxyl groups is 1. The molecule has 0 aromatic heterocycles. The number of methoxy groups -OCH3 is 2. The van der Waals surface area contributed by atoms with E-state index in [1.165, 1.54) is 32.4 Å². The van der Waals surface area contributed by atoms with Crippen LogP contribution in [0.15, 0.2) is 36.4 Å². The minimum Gasteiger partial charge on any atom is -0.508 e. The highest BCUT2D eigenvalue weighted by Gasteiger charge is 2.44. The van der Waals surface area contributed by atoms with E-state index in [4.69, 9.17) is 18.9 Å². The summed E-state index contributed by atoms with van der Waals surface area (Å²) >= 11 is 0. The van der Waals surface area contributed by atoms with Crippen molar-refractivity contribution in [3.8, 4) is 23.0 Å². The first-order valence-electron chi connectivity index (χ1n) is 10.3. The number of carbonyl (C=O) groups is 1. The van der Waals surface area contributed by atoms with Gasteiger partial charge in [-0.1, -0.05) is 6.07 Å². The molecule has 10 nitrogen and oxygen atoms in total. The van der Waals surface area contributed by atoms with E-state index in [9.17, 15) is 30.3 Å². The van der Waals surface area contributed by atoms with Crippen LogP contribution in [0.4, 0.5) is 0 Å². The van der Waals surface area contributed by atoms with Gasteiger partial charge >= 0.3 is 0 Å². The summed E-state index contributed by atoms with van der Waals surface area (Å²) in [7, 11) is 2.90. The number of rotatable bonds is 9. The number of benzene rings is 2. The molecule has 0 aliphatic carbocycles. The number of aryl methyl sites for hydroxylation is 1. The van der Waals surface area contributed by atoms with Crippen molar-refractivity contribution in [1.82, 2.24) is 0 Å². The lowest BCUT2D eigenvalue weighted by Crippen LogP contribution is -2.60. The molecule has 3 rings (SSSR count). The first-order valence-corrected chi connectivity index (χ1v) is 10.3. The number of ketones is 1. The second-order valence-corrected chi connectivity index (χ2v) is 7.57. The van der Waals surface area contributed by atoms with Crippen molar-refractivity contribution in [2.75, 3.05) is 20.8 Å². The molecule has 0 saturated carbocycles. The largest absolute Gasteiger partial charge is 0.508 e. The molecular formula is C23H28O10. The zero-order valence-electron chi connectivity index (χ0n) is 18.2. The van der Waals surface area contributed by atoms with Gasteiger partial charge < -0.3 is 44.5 Å². The van der Waals surface area contributed by atoms with Crippen LogP contribution in [0.25, 0.3) is 0 Å². The molecule has 1 aliphatic rings. The van der Waals surface area contributed by atoms with Gasteiger partial charge in [-0.2, -0.15) is 0 Å². The molecule has 0 radical (unpaired) electrons. The highest BCUT2D eigenvalue weighted by Crippen LogP contribution is 2.32. The lowest BCUT2D eigenvalue weighted by Gasteiger charge is -2.39. The highest BCUT2D eigenvalue weighted by atomic mass is 16.7. The molecule has 1 aliphatic heterocycles. The third-order valence-corrected chi connectivity index (χ3v) is 5.46. The number of hydrogen-bond acceptors (Lipinski definition) is 10. The van der Waals surface area contributed by atoms with Gasteiger partial charge in [0, 0.05) is 6.42 Å². The zero-order valence-corrected chi connectivity index (χ0v) is 18.2. The van der Waals surface area contributed by atoms with E-state index in [1.54, 1.807) is 18.2 Å². The normalized spacial score (nSPS) is 24.8. The maximum absolute atomic E-state index is 13.0. The van der Waals surface area contributed by atoms with E-state index < -0.39 is 37.3 Å². The van der Waals surface area contributed by atoms with Crippen LogP contribution in [0.3, 0.4) is 0 Å². The Bertz CT molecular complexity index is 938. The lowest BCUT2D eigenvalue weighted by molar-refractivity contribution is -0.277. The van der Waals surface area contributed by atoms with Gasteiger partial charge in [0.15, 0.2) is 5.78 Å². The van der Waals surface area contributed by atoms with Crippen molar-refractivity contribution in [2.24, 2.45) is 0 Å². The standard InChI is InChI=1S/C23H28O10/c1-30-16-4-3-5-17(31-2)19(16)14(26)8-6-12-10-13(25)7-9-15(12)32-23-22(29)21(28)20(27)18(11-24)33-23/h3-5,7,9-10,18,20-25,27-29H,6,8,11H2,1-2H3. The third kappa shape index (κ3) is 5.37. The molecule has 1 saturated heterocycles. The van der Waals surface area contributed by atoms with Gasteiger partial charge in [-0.05, 0) is 42.3 Å². The van der Waals surface area contributed by atoms with Crippen LogP contribution >= 0.6 is 0 Å². The number of phenols is 1. The van der Waals surface area contributed by atoms with Gasteiger partial charge in [-0.25, -0.2) is 0 Å². The quantitative estimate of drug-likeness (QED) is 0.329. The van der Waals surface area contributed by atoms with E-state index >= 15 is 0 Å². The Hall–Kier alpha value is -2.89. The van der Waals surface area contributed by atoms with Gasteiger partial charge in [0.2, 0.25) is 6.29 Å². The van der Waals surface area contributed by atoms with E-state index in [0.717, 1.165) is 0 Å². The maximum Gasteiger partial charge on any atom is 0.229 e. The number of phenolic OH excluding ortho intramolecular Hbond substituents is 1. The molecule has 5 atom stereocenters. The Morgan fingerprint density at radius 2 is 1.64 bits per heavy atom. The van der Waals surface area contributed by atoms with Crippen molar-refractivity contribution in [3.05, 3.63) is 47.5 Å². The predicted octanol–water partition coefficient (Wildman–Crippen LogP) is 0.404. The van der Waals surface area contributed by atoms with Crippen molar-refractivity contribution in [2.45, 2.75) is 43.5 Å². The predicted molar refractivity (Wildman–Crippen MR) is 115 cm³/mol. The summed E-state index contributed by atoms with van der Waals surface area (Å²) in [5.41, 5.74) is 0.730. The molecule has 1 heterocycles. The first-order chi connectivity index (χ1) is 15.8. The minimum absolute atomic E-state index is 0.0191. The van der Waals surface area contributed by atoms with E-state index in [1.807, 2.05) is 0 Å². The zero-order chi connectivity index (χ0) is 24.1. The molecule has 10 heteroatoms. The van der Waals surface area contributed by atoms with Crippen molar-refractivity contribution in [3.63, 3.8) is 0 Å². The second kappa shape index (κ2) is 10.8. The monoisotopic (exact) mass is 464 g/mol. The number of aliphatic hydroxyl groups is 4. The average molecular weight is 464 g/mol. The Balaban J connectivity index is 1.79. The Kier molecular flexibility index (Phi) is 8.11. The third-order valence-electron chi connectivity index (χ3n) is 5.46. The van der Waals surface area contributed by atoms with E-state index in [-0.39, 0.29) is 30.1 Å². The van der Waals surface area contributed by atoms with Crippen LogP contribution in [0.1, 0.15) is 22.3 Å². The molecule has 2 aromatic rings. The first kappa shape index (κ1) is 24.7. The molecule has 1 fully saturated rings. The number of hydrogen-bond donors (Lipinski definition) is 5. The van der Waals surface area contributed by atoms with Crippen LogP contribution in [0, 0.1) is 0 Å². The molecule has 0 bridgehead atoms. The number of carbonyl (C=O) groups excluding carboxylic acids is 1. The molecule has 180 valence electrons. The van der Waals surface area contributed by atoms with Crippen molar-refractivity contribution in [1.29, 1.82) is 0 Å². The maximum atomic E-state index is 13.0. The van der Waals surface area contributed by atoms with Crippen molar-refractivity contribution < 1.29 is 49.3 Å². The summed E-state index contributed by atoms with van der Waals surface area (Å²) in [6.45, 7) is -0.595. The summed E-state index contributed by atoms with van der Waals surface area (Å²) in [4.78, 5) is 13.0. The summed E-state index contributed by atoms with van der Waals surface area (Å²) in [5.74, 6) is 0.609. The molecule has 2 aromatic carbocycles. The lowest BCUT2D eigenvalue weighted by atomic mass is 9.99. The van der Waals surface area contributed by atoms with Gasteiger partial charge in [-0.3, -0.25) is 4.79 Å². The number of ether oxygens (including phenoxy) is 4. The van der Waals surface area contributed by atoms with Gasteiger partial charge in [0.05, 0.1) is 20.8 Å². The molecule has 5 unspecified atom stereocenters. The topological polar surface area (TPSA) is 155 Å². The second-order valence-electron chi connectivity index (χ2n) is 7.57. The fourth-order valence-corrected chi connectivity index (χ4v) is 3.67. The van der Waals surface area contributed by atoms with Crippen LogP contribution in [-0.4, -0.2) is 82.8 Å². The fraction of sp³-hybridized carbons (Fsp3) is 0.435. The number of Topliss-reactive ketones (excluding diaryl/α,β-unsaturated/α-hetero) is 1. The minimum atomic E-state index is -1.60. The van der Waals surface area contributed by atoms with Crippen molar-refractivity contribution >= 4 is 5.78 Å². The highest BCUT2D eigenvalue weighted by molar-refractivity contribution is 6.01. The molecule has 5 N–H and O–H groups in total. The Labute approximate surface area is 190 Å². The molecule has 0 amide bonds. The van der Waals surface area contributed by atoms with Crippen LogP contribution in [0.5, 0.6) is 23.0 Å². The van der Waals surface area contributed by atoms with Gasteiger partial charge in [-0.15, -0.1) is 0 Å². The number of aliphatic hydroxyl groups excluding tert-OH is 4. The molecule has 0 spiro atoms. The van der Waals surface area contributed by atoms with E-state index in [2.05, 4.69) is 0 Å². The SMILES string of the molecule is COc1cccc(OC)c1C(=O)CCc1cc(O)ccc1OC1OC(CO)C(O)C(O)C1O. The Morgan fingerprint density at radius 1 is 0.970 bits per heavy atom. The molecular weight excluding hydrogens is 436 g/mol. The average Bonchev–Trinajstić information content (AvgIpc) is 2.83. The smallest absolute Gasteiger partial charge is 0.229 e. The van der Waals surface area contributed by atoms with Gasteiger partial charge in [0.25, 0.3) is 0 Å². The summed E-state index contributed by atoms with van der Waals surface area (Å²) in [6.07, 6.45) is -7.06. The van der Waals surface area contributed by atoms with Gasteiger partial charge in [0.1, 0.15) is 53.0 Å². The van der Waals surface area contributed by atoms with Crippen LogP contribution in [0.2, 0.25) is 0 Å². The van der Waals surface area contributed by atoms with Crippen LogP contribution < -0.4 is 14.2 Å². The fourth-order valence-electron chi connectivity index (χ4n) is 3.67. The van der Waals surface area contributed by atoms with E-state index in [0.29, 0.717) is 22.6 Å².